The summed E-state index contributed by atoms with van der Waals surface area (Å²) in [7, 11) is -3.50. The molecule has 0 saturated heterocycles. The number of nitrogens with two attached hydrogens (primary N) is 1. The first-order valence-corrected chi connectivity index (χ1v) is 7.83. The summed E-state index contributed by atoms with van der Waals surface area (Å²) in [5.74, 6) is 0. The Balaban J connectivity index is 2.70. The average molecular weight is 293 g/mol. The van der Waals surface area contributed by atoms with Gasteiger partial charge in [-0.3, -0.25) is 0 Å². The van der Waals surface area contributed by atoms with Crippen LogP contribution in [-0.2, 0) is 16.6 Å². The van der Waals surface area contributed by atoms with Crippen LogP contribution < -0.4 is 10.5 Å². The predicted molar refractivity (Wildman–Crippen MR) is 73.5 cm³/mol. The highest BCUT2D eigenvalue weighted by molar-refractivity contribution is 7.93. The lowest BCUT2D eigenvalue weighted by Gasteiger charge is -2.14. The van der Waals surface area contributed by atoms with Crippen LogP contribution in [0.4, 0.5) is 0 Å². The third-order valence-electron chi connectivity index (χ3n) is 2.18. The Morgan fingerprint density at radius 2 is 2.35 bits per heavy atom. The van der Waals surface area contributed by atoms with Crippen molar-refractivity contribution in [2.24, 2.45) is 5.73 Å². The van der Waals surface area contributed by atoms with Crippen molar-refractivity contribution in [1.29, 1.82) is 0 Å². The van der Waals surface area contributed by atoms with E-state index in [1.807, 2.05) is 6.92 Å². The zero-order chi connectivity index (χ0) is 13.1. The zero-order valence-electron chi connectivity index (χ0n) is 9.63. The van der Waals surface area contributed by atoms with Gasteiger partial charge in [-0.2, -0.15) is 0 Å². The highest BCUT2D eigenvalue weighted by atomic mass is 32.2. The van der Waals surface area contributed by atoms with Crippen molar-refractivity contribution < 1.29 is 8.42 Å². The molecule has 5 nitrogen and oxygen atoms in total. The Morgan fingerprint density at radius 3 is 2.76 bits per heavy atom. The van der Waals surface area contributed by atoms with Crippen molar-refractivity contribution in [2.45, 2.75) is 32.1 Å². The van der Waals surface area contributed by atoms with E-state index in [1.54, 1.807) is 13.1 Å². The van der Waals surface area contributed by atoms with Crippen LogP contribution in [-0.4, -0.2) is 23.6 Å². The van der Waals surface area contributed by atoms with E-state index in [4.69, 9.17) is 18.0 Å². The van der Waals surface area contributed by atoms with Gasteiger partial charge in [0.05, 0.1) is 10.00 Å². The van der Waals surface area contributed by atoms with Crippen LogP contribution in [0.1, 0.15) is 23.2 Å². The lowest BCUT2D eigenvalue weighted by Crippen LogP contribution is -2.41. The molecular formula is C9H15N3O2S3. The quantitative estimate of drug-likeness (QED) is 0.762. The number of aromatic nitrogens is 1. The second-order valence-corrected chi connectivity index (χ2v) is 7.25. The summed E-state index contributed by atoms with van der Waals surface area (Å²) in [5, 5.41) is 0.0899. The highest BCUT2D eigenvalue weighted by Crippen LogP contribution is 2.12. The molecule has 1 atom stereocenters. The van der Waals surface area contributed by atoms with Crippen molar-refractivity contribution in [3.05, 3.63) is 16.1 Å². The van der Waals surface area contributed by atoms with Crippen LogP contribution in [0.25, 0.3) is 0 Å². The van der Waals surface area contributed by atoms with Gasteiger partial charge in [-0.15, -0.1) is 11.3 Å². The van der Waals surface area contributed by atoms with Crippen molar-refractivity contribution >= 4 is 38.6 Å². The molecule has 1 unspecified atom stereocenters. The van der Waals surface area contributed by atoms with E-state index >= 15 is 0 Å². The molecule has 0 aliphatic rings. The number of hydrogen-bond acceptors (Lipinski definition) is 5. The van der Waals surface area contributed by atoms with Gasteiger partial charge >= 0.3 is 0 Å². The molecule has 8 heteroatoms. The van der Waals surface area contributed by atoms with Crippen LogP contribution in [0.15, 0.2) is 6.20 Å². The number of thiazole rings is 1. The van der Waals surface area contributed by atoms with Crippen LogP contribution in [0.5, 0.6) is 0 Å². The molecule has 0 saturated carbocycles. The Bertz CT molecular complexity index is 495. The Hall–Kier alpha value is -0.570. The van der Waals surface area contributed by atoms with Crippen LogP contribution in [0.2, 0.25) is 0 Å². The summed E-state index contributed by atoms with van der Waals surface area (Å²) in [6.45, 7) is 3.83. The van der Waals surface area contributed by atoms with Gasteiger partial charge in [0.1, 0.15) is 5.25 Å². The molecule has 0 aliphatic heterocycles. The molecule has 1 aromatic heterocycles. The van der Waals surface area contributed by atoms with E-state index < -0.39 is 15.3 Å². The summed E-state index contributed by atoms with van der Waals surface area (Å²) in [6, 6.07) is 0. The van der Waals surface area contributed by atoms with Gasteiger partial charge in [-0.05, 0) is 13.3 Å². The normalized spacial score (nSPS) is 13.5. The van der Waals surface area contributed by atoms with Crippen LogP contribution in [0, 0.1) is 6.92 Å². The van der Waals surface area contributed by atoms with Crippen molar-refractivity contribution in [1.82, 2.24) is 9.71 Å². The SMILES string of the molecule is CCC(C(N)=S)S(=O)(=O)NCc1cnc(C)s1. The molecule has 0 amide bonds. The first kappa shape index (κ1) is 14.5. The maximum atomic E-state index is 11.9. The summed E-state index contributed by atoms with van der Waals surface area (Å²) in [6.07, 6.45) is 2.02. The second-order valence-electron chi connectivity index (χ2n) is 3.51. The molecule has 3 N–H and O–H groups in total. The van der Waals surface area contributed by atoms with Crippen LogP contribution in [0.3, 0.4) is 0 Å². The number of nitrogens with one attached hydrogen (secondary N) is 1. The zero-order valence-corrected chi connectivity index (χ0v) is 12.1. The number of hydrogen-bond donors (Lipinski definition) is 2. The lowest BCUT2D eigenvalue weighted by molar-refractivity contribution is 0.574. The summed E-state index contributed by atoms with van der Waals surface area (Å²) in [4.78, 5) is 4.92. The van der Waals surface area contributed by atoms with E-state index in [2.05, 4.69) is 9.71 Å². The molecule has 0 bridgehead atoms. The fraction of sp³-hybridized carbons (Fsp3) is 0.556. The van der Waals surface area contributed by atoms with Gasteiger partial charge in [0.2, 0.25) is 10.0 Å². The van der Waals surface area contributed by atoms with Gasteiger partial charge in [0.25, 0.3) is 0 Å². The van der Waals surface area contributed by atoms with Crippen molar-refractivity contribution in [2.75, 3.05) is 0 Å². The van der Waals surface area contributed by atoms with E-state index in [1.165, 1.54) is 11.3 Å². The lowest BCUT2D eigenvalue weighted by atomic mass is 10.3. The van der Waals surface area contributed by atoms with Gasteiger partial charge in [-0.25, -0.2) is 18.1 Å². The van der Waals surface area contributed by atoms with E-state index in [0.717, 1.165) is 9.88 Å². The third-order valence-corrected chi connectivity index (χ3v) is 5.41. The Kier molecular flexibility index (Phi) is 4.99. The molecule has 0 spiro atoms. The molecule has 0 fully saturated rings. The number of rotatable bonds is 6. The molecule has 1 rings (SSSR count). The monoisotopic (exact) mass is 293 g/mol. The third kappa shape index (κ3) is 3.98. The number of sulfonamides is 1. The predicted octanol–water partition coefficient (Wildman–Crippen LogP) is 0.936. The van der Waals surface area contributed by atoms with Crippen LogP contribution >= 0.6 is 23.6 Å². The van der Waals surface area contributed by atoms with Gasteiger partial charge in [0.15, 0.2) is 0 Å². The number of nitrogens with zero attached hydrogens (tertiary/aromatic N) is 1. The highest BCUT2D eigenvalue weighted by Gasteiger charge is 2.25. The summed E-state index contributed by atoms with van der Waals surface area (Å²) in [5.41, 5.74) is 5.41. The summed E-state index contributed by atoms with van der Waals surface area (Å²) < 4.78 is 26.3. The molecule has 0 radical (unpaired) electrons. The van der Waals surface area contributed by atoms with Crippen molar-refractivity contribution in [3.8, 4) is 0 Å². The van der Waals surface area contributed by atoms with E-state index in [-0.39, 0.29) is 11.5 Å². The molecule has 1 aromatic rings. The first-order valence-electron chi connectivity index (χ1n) is 5.06. The van der Waals surface area contributed by atoms with Crippen molar-refractivity contribution in [3.63, 3.8) is 0 Å². The molecule has 96 valence electrons. The minimum atomic E-state index is -3.50. The maximum Gasteiger partial charge on any atom is 0.221 e. The Morgan fingerprint density at radius 1 is 1.71 bits per heavy atom. The first-order chi connectivity index (χ1) is 7.86. The molecule has 17 heavy (non-hydrogen) atoms. The molecular weight excluding hydrogens is 278 g/mol. The van der Waals surface area contributed by atoms with E-state index in [9.17, 15) is 8.42 Å². The molecule has 0 aliphatic carbocycles. The maximum absolute atomic E-state index is 11.9. The van der Waals surface area contributed by atoms with E-state index in [0.29, 0.717) is 6.42 Å². The fourth-order valence-electron chi connectivity index (χ4n) is 1.33. The smallest absolute Gasteiger partial charge is 0.221 e. The van der Waals surface area contributed by atoms with Gasteiger partial charge in [0, 0.05) is 17.6 Å². The largest absolute Gasteiger partial charge is 0.392 e. The second kappa shape index (κ2) is 5.85. The Labute approximate surface area is 110 Å². The average Bonchev–Trinajstić information content (AvgIpc) is 2.61. The topological polar surface area (TPSA) is 85.1 Å². The minimum absolute atomic E-state index is 0.000449. The van der Waals surface area contributed by atoms with Gasteiger partial charge in [-0.1, -0.05) is 19.1 Å². The fourth-order valence-corrected chi connectivity index (χ4v) is 4.01. The molecule has 1 heterocycles. The standard InChI is InChI=1S/C9H15N3O2S3/c1-3-8(9(10)15)17(13,14)12-5-7-4-11-6(2)16-7/h4,8,12H,3,5H2,1-2H3,(H2,10,15). The minimum Gasteiger partial charge on any atom is -0.392 e. The summed E-state index contributed by atoms with van der Waals surface area (Å²) >= 11 is 6.20. The number of thiocarbonyl (C=S) groups is 1. The molecule has 0 aromatic carbocycles. The van der Waals surface area contributed by atoms with Gasteiger partial charge < -0.3 is 5.73 Å². The number of aryl methyl sites for hydroxylation is 1.